The van der Waals surface area contributed by atoms with Crippen LogP contribution in [0, 0.1) is 0 Å². The normalized spacial score (nSPS) is 17.6. The molecule has 152 valence electrons. The van der Waals surface area contributed by atoms with Crippen LogP contribution in [0.2, 0.25) is 0 Å². The lowest BCUT2D eigenvalue weighted by molar-refractivity contribution is -0.154. The van der Waals surface area contributed by atoms with E-state index in [1.54, 1.807) is 12.0 Å². The minimum Gasteiger partial charge on any atom is -0.495 e. The molecule has 0 N–H and O–H groups in total. The summed E-state index contributed by atoms with van der Waals surface area (Å²) in [4.78, 5) is 29.1. The molecule has 1 aliphatic heterocycles. The molecular weight excluding hydrogens is 368 g/mol. The largest absolute Gasteiger partial charge is 0.495 e. The Balaban J connectivity index is 1.29. The second kappa shape index (κ2) is 8.15. The first kappa shape index (κ1) is 19.3. The van der Waals surface area contributed by atoms with E-state index in [-0.39, 0.29) is 18.5 Å². The van der Waals surface area contributed by atoms with Gasteiger partial charge in [-0.3, -0.25) is 9.59 Å². The molecule has 2 aliphatic rings. The van der Waals surface area contributed by atoms with Crippen molar-refractivity contribution in [3.05, 3.63) is 60.2 Å². The fourth-order valence-corrected chi connectivity index (χ4v) is 3.94. The van der Waals surface area contributed by atoms with Gasteiger partial charge in [-0.2, -0.15) is 0 Å². The predicted molar refractivity (Wildman–Crippen MR) is 110 cm³/mol. The van der Waals surface area contributed by atoms with Crippen molar-refractivity contribution in [3.63, 3.8) is 0 Å². The van der Waals surface area contributed by atoms with E-state index in [0.717, 1.165) is 29.8 Å². The van der Waals surface area contributed by atoms with Crippen molar-refractivity contribution in [2.24, 2.45) is 0 Å². The van der Waals surface area contributed by atoms with E-state index in [0.29, 0.717) is 26.2 Å². The molecule has 1 amide bonds. The second-order valence-corrected chi connectivity index (χ2v) is 7.56. The number of nitrogens with zero attached hydrogens (tertiary/aromatic N) is 2. The summed E-state index contributed by atoms with van der Waals surface area (Å²) in [6, 6.07) is 17.6. The molecular formula is C23H26N2O4. The molecule has 0 spiro atoms. The molecule has 0 aromatic heterocycles. The molecule has 6 heteroatoms. The van der Waals surface area contributed by atoms with Gasteiger partial charge >= 0.3 is 5.97 Å². The lowest BCUT2D eigenvalue weighted by atomic mass is 9.96. The molecule has 1 aliphatic carbocycles. The first-order valence-electron chi connectivity index (χ1n) is 10.0. The van der Waals surface area contributed by atoms with Crippen LogP contribution in [-0.4, -0.2) is 56.7 Å². The Morgan fingerprint density at radius 3 is 2.24 bits per heavy atom. The SMILES string of the molecule is COc1ccccc1N1CCN(C(=O)COC(=O)C2(c3ccccc3)CC2)CC1. The van der Waals surface area contributed by atoms with Crippen LogP contribution < -0.4 is 9.64 Å². The third-order valence-corrected chi connectivity index (χ3v) is 5.85. The summed E-state index contributed by atoms with van der Waals surface area (Å²) >= 11 is 0. The molecule has 4 rings (SSSR count). The van der Waals surface area contributed by atoms with Crippen molar-refractivity contribution >= 4 is 17.6 Å². The molecule has 2 aromatic rings. The van der Waals surface area contributed by atoms with Gasteiger partial charge in [0.25, 0.3) is 5.91 Å². The van der Waals surface area contributed by atoms with E-state index >= 15 is 0 Å². The number of carbonyl (C=O) groups is 2. The summed E-state index contributed by atoms with van der Waals surface area (Å²) in [6.07, 6.45) is 1.56. The highest BCUT2D eigenvalue weighted by Gasteiger charge is 2.52. The first-order valence-corrected chi connectivity index (χ1v) is 10.0. The fraction of sp³-hybridized carbons (Fsp3) is 0.391. The van der Waals surface area contributed by atoms with E-state index < -0.39 is 5.41 Å². The Morgan fingerprint density at radius 2 is 1.59 bits per heavy atom. The average molecular weight is 394 g/mol. The van der Waals surface area contributed by atoms with Crippen LogP contribution in [0.25, 0.3) is 0 Å². The van der Waals surface area contributed by atoms with Gasteiger partial charge in [0.15, 0.2) is 6.61 Å². The number of anilines is 1. The Bertz CT molecular complexity index is 871. The minimum absolute atomic E-state index is 0.137. The average Bonchev–Trinajstić information content (AvgIpc) is 3.60. The molecule has 0 unspecified atom stereocenters. The molecule has 2 fully saturated rings. The van der Waals surface area contributed by atoms with E-state index in [1.807, 2.05) is 54.6 Å². The Kier molecular flexibility index (Phi) is 5.43. The third-order valence-electron chi connectivity index (χ3n) is 5.85. The minimum atomic E-state index is -0.551. The molecule has 0 atom stereocenters. The number of carbonyl (C=O) groups excluding carboxylic acids is 2. The maximum Gasteiger partial charge on any atom is 0.317 e. The number of esters is 1. The van der Waals surface area contributed by atoms with Crippen molar-refractivity contribution in [1.82, 2.24) is 4.90 Å². The van der Waals surface area contributed by atoms with Gasteiger partial charge in [0.2, 0.25) is 0 Å². The van der Waals surface area contributed by atoms with Crippen LogP contribution in [0.4, 0.5) is 5.69 Å². The molecule has 2 aromatic carbocycles. The third kappa shape index (κ3) is 3.92. The molecule has 1 saturated heterocycles. The first-order chi connectivity index (χ1) is 14.1. The highest BCUT2D eigenvalue weighted by Crippen LogP contribution is 2.49. The zero-order valence-corrected chi connectivity index (χ0v) is 16.7. The summed E-state index contributed by atoms with van der Waals surface area (Å²) < 4.78 is 10.9. The summed E-state index contributed by atoms with van der Waals surface area (Å²) in [6.45, 7) is 2.43. The van der Waals surface area contributed by atoms with Crippen molar-refractivity contribution in [3.8, 4) is 5.75 Å². The fourth-order valence-electron chi connectivity index (χ4n) is 3.94. The number of benzene rings is 2. The van der Waals surface area contributed by atoms with Gasteiger partial charge in [0.1, 0.15) is 5.75 Å². The van der Waals surface area contributed by atoms with Gasteiger partial charge < -0.3 is 19.3 Å². The van der Waals surface area contributed by atoms with E-state index in [4.69, 9.17) is 9.47 Å². The van der Waals surface area contributed by atoms with Crippen molar-refractivity contribution in [1.29, 1.82) is 0 Å². The number of rotatable bonds is 6. The maximum absolute atomic E-state index is 12.6. The van der Waals surface area contributed by atoms with Crippen molar-refractivity contribution < 1.29 is 19.1 Å². The highest BCUT2D eigenvalue weighted by molar-refractivity contribution is 5.89. The van der Waals surface area contributed by atoms with Crippen LogP contribution in [0.15, 0.2) is 54.6 Å². The smallest absolute Gasteiger partial charge is 0.317 e. The van der Waals surface area contributed by atoms with Crippen LogP contribution in [0.1, 0.15) is 18.4 Å². The van der Waals surface area contributed by atoms with Gasteiger partial charge in [-0.1, -0.05) is 42.5 Å². The molecule has 1 saturated carbocycles. The predicted octanol–water partition coefficient (Wildman–Crippen LogP) is 2.62. The van der Waals surface area contributed by atoms with Gasteiger partial charge in [-0.15, -0.1) is 0 Å². The van der Waals surface area contributed by atoms with Crippen molar-refractivity contribution in [2.75, 3.05) is 44.8 Å². The number of para-hydroxylation sites is 2. The number of hydrogen-bond acceptors (Lipinski definition) is 5. The van der Waals surface area contributed by atoms with Gasteiger partial charge in [0.05, 0.1) is 18.2 Å². The molecule has 29 heavy (non-hydrogen) atoms. The number of amides is 1. The van der Waals surface area contributed by atoms with Crippen LogP contribution in [0.3, 0.4) is 0 Å². The number of ether oxygens (including phenoxy) is 2. The molecule has 0 radical (unpaired) electrons. The van der Waals surface area contributed by atoms with Crippen molar-refractivity contribution in [2.45, 2.75) is 18.3 Å². The Labute approximate surface area is 171 Å². The lowest BCUT2D eigenvalue weighted by Gasteiger charge is -2.36. The lowest BCUT2D eigenvalue weighted by Crippen LogP contribution is -2.50. The molecule has 1 heterocycles. The van der Waals surface area contributed by atoms with E-state index in [2.05, 4.69) is 4.90 Å². The molecule has 0 bridgehead atoms. The molecule has 6 nitrogen and oxygen atoms in total. The standard InChI is InChI=1S/C23H26N2O4/c1-28-20-10-6-5-9-19(20)24-13-15-25(16-14-24)21(26)17-29-22(27)23(11-12-23)18-7-3-2-4-8-18/h2-10H,11-17H2,1H3. The monoisotopic (exact) mass is 394 g/mol. The van der Waals surface area contributed by atoms with Crippen LogP contribution >= 0.6 is 0 Å². The topological polar surface area (TPSA) is 59.1 Å². The van der Waals surface area contributed by atoms with Gasteiger partial charge in [-0.25, -0.2) is 0 Å². The van der Waals surface area contributed by atoms with E-state index in [1.165, 1.54) is 0 Å². The highest BCUT2D eigenvalue weighted by atomic mass is 16.5. The van der Waals surface area contributed by atoms with Crippen LogP contribution in [-0.2, 0) is 19.7 Å². The summed E-state index contributed by atoms with van der Waals surface area (Å²) in [5.41, 5.74) is 1.46. The maximum atomic E-state index is 12.6. The van der Waals surface area contributed by atoms with Crippen LogP contribution in [0.5, 0.6) is 5.75 Å². The summed E-state index contributed by atoms with van der Waals surface area (Å²) in [7, 11) is 1.66. The summed E-state index contributed by atoms with van der Waals surface area (Å²) in [5, 5.41) is 0. The zero-order chi connectivity index (χ0) is 20.3. The second-order valence-electron chi connectivity index (χ2n) is 7.56. The number of methoxy groups -OCH3 is 1. The van der Waals surface area contributed by atoms with Gasteiger partial charge in [0, 0.05) is 26.2 Å². The summed E-state index contributed by atoms with van der Waals surface area (Å²) in [5.74, 6) is 0.406. The zero-order valence-electron chi connectivity index (χ0n) is 16.7. The Hall–Kier alpha value is -3.02. The quantitative estimate of drug-likeness (QED) is 0.705. The Morgan fingerprint density at radius 1 is 0.931 bits per heavy atom. The number of hydrogen-bond donors (Lipinski definition) is 0. The number of piperazine rings is 1. The van der Waals surface area contributed by atoms with E-state index in [9.17, 15) is 9.59 Å². The van der Waals surface area contributed by atoms with Gasteiger partial charge in [-0.05, 0) is 30.5 Å².